The molecule has 2 amide bonds. The van der Waals surface area contributed by atoms with E-state index < -0.39 is 78.0 Å². The molecule has 0 aliphatic heterocycles. The Morgan fingerprint density at radius 3 is 2.51 bits per heavy atom. The fraction of sp³-hybridized carbons (Fsp3) is 0.400. The van der Waals surface area contributed by atoms with Crippen molar-refractivity contribution >= 4 is 17.6 Å². The molecule has 0 spiro atoms. The topological polar surface area (TPSA) is 168 Å². The highest BCUT2D eigenvalue weighted by molar-refractivity contribution is 5.95. The number of aromatic nitrogens is 4. The van der Waals surface area contributed by atoms with Gasteiger partial charge in [-0.3, -0.25) is 23.7 Å². The maximum Gasteiger partial charge on any atom is 0.309 e. The predicted octanol–water partition coefficient (Wildman–Crippen LogP) is 1.19. The standard InChI is InChI=1S/C25H29FN6O7/c1-14-30-31-22(39-14)21(35)29-25(2,3)24-28-18(20(34)27-12-15-6-8-16(26)9-7-15)19(23(36)32(24)4)38-13-17(33)10-11-37-5/h6-9H,10-13H2,1-5H3,(H,27,34)(H,29,35)/i2D3,3D3. The van der Waals surface area contributed by atoms with Crippen molar-refractivity contribution < 1.29 is 40.9 Å². The van der Waals surface area contributed by atoms with Gasteiger partial charge in [-0.25, -0.2) is 9.37 Å². The zero-order valence-corrected chi connectivity index (χ0v) is 21.2. The summed E-state index contributed by atoms with van der Waals surface area (Å²) >= 11 is 0. The smallest absolute Gasteiger partial charge is 0.309 e. The number of ether oxygens (including phenoxy) is 2. The molecule has 0 saturated carbocycles. The summed E-state index contributed by atoms with van der Waals surface area (Å²) in [7, 11) is 2.30. The summed E-state index contributed by atoms with van der Waals surface area (Å²) < 4.78 is 78.4. The van der Waals surface area contributed by atoms with Gasteiger partial charge in [-0.2, -0.15) is 0 Å². The number of methoxy groups -OCH3 is 1. The van der Waals surface area contributed by atoms with E-state index in [1.54, 1.807) is 0 Å². The number of ketones is 1. The molecule has 0 unspecified atom stereocenters. The number of carbonyl (C=O) groups is 3. The Kier molecular flexibility index (Phi) is 6.82. The first-order chi connectivity index (χ1) is 20.9. The maximum absolute atomic E-state index is 13.6. The predicted molar refractivity (Wildman–Crippen MR) is 134 cm³/mol. The quantitative estimate of drug-likeness (QED) is 0.334. The zero-order valence-electron chi connectivity index (χ0n) is 27.2. The van der Waals surface area contributed by atoms with Gasteiger partial charge in [-0.1, -0.05) is 12.1 Å². The number of hydrogen-bond acceptors (Lipinski definition) is 10. The highest BCUT2D eigenvalue weighted by Gasteiger charge is 2.33. The summed E-state index contributed by atoms with van der Waals surface area (Å²) in [5, 5.41) is 11.2. The maximum atomic E-state index is 13.6. The molecule has 0 aliphatic rings. The van der Waals surface area contributed by atoms with Crippen LogP contribution in [0.3, 0.4) is 0 Å². The number of aryl methyl sites for hydroxylation is 1. The van der Waals surface area contributed by atoms with Crippen molar-refractivity contribution in [3.8, 4) is 5.75 Å². The van der Waals surface area contributed by atoms with Crippen LogP contribution in [0.25, 0.3) is 0 Å². The molecular weight excluding hydrogens is 515 g/mol. The number of Topliss-reactive ketones (excluding diaryl/α,β-unsaturated/α-hetero) is 1. The lowest BCUT2D eigenvalue weighted by molar-refractivity contribution is -0.121. The first kappa shape index (κ1) is 21.5. The van der Waals surface area contributed by atoms with Crippen molar-refractivity contribution in [2.45, 2.75) is 39.1 Å². The summed E-state index contributed by atoms with van der Waals surface area (Å²) in [6.45, 7) is -6.92. The van der Waals surface area contributed by atoms with Crippen molar-refractivity contribution in [1.82, 2.24) is 30.4 Å². The van der Waals surface area contributed by atoms with E-state index in [0.717, 1.165) is 19.2 Å². The summed E-state index contributed by atoms with van der Waals surface area (Å²) in [4.78, 5) is 56.4. The van der Waals surface area contributed by atoms with Gasteiger partial charge in [0.1, 0.15) is 18.2 Å². The van der Waals surface area contributed by atoms with Crippen molar-refractivity contribution in [1.29, 1.82) is 0 Å². The van der Waals surface area contributed by atoms with Crippen LogP contribution in [-0.4, -0.2) is 57.7 Å². The second kappa shape index (κ2) is 12.4. The average Bonchev–Trinajstić information content (AvgIpc) is 3.40. The van der Waals surface area contributed by atoms with Gasteiger partial charge in [0, 0.05) is 42.3 Å². The Labute approximate surface area is 231 Å². The lowest BCUT2D eigenvalue weighted by Crippen LogP contribution is -2.46. The lowest BCUT2D eigenvalue weighted by Gasteiger charge is -2.27. The van der Waals surface area contributed by atoms with Crippen LogP contribution in [0.5, 0.6) is 5.75 Å². The Morgan fingerprint density at radius 2 is 1.90 bits per heavy atom. The van der Waals surface area contributed by atoms with E-state index in [0.29, 0.717) is 10.1 Å². The van der Waals surface area contributed by atoms with E-state index in [2.05, 4.69) is 20.5 Å². The molecule has 0 fully saturated rings. The molecule has 0 radical (unpaired) electrons. The van der Waals surface area contributed by atoms with Crippen LogP contribution in [-0.2, 0) is 28.7 Å². The molecule has 208 valence electrons. The van der Waals surface area contributed by atoms with Gasteiger partial charge in [0.2, 0.25) is 11.6 Å². The van der Waals surface area contributed by atoms with Crippen molar-refractivity contribution in [2.24, 2.45) is 7.05 Å². The van der Waals surface area contributed by atoms with Crippen LogP contribution in [0, 0.1) is 12.7 Å². The third-order valence-corrected chi connectivity index (χ3v) is 5.15. The number of nitrogens with zero attached hydrogens (tertiary/aromatic N) is 4. The Hall–Kier alpha value is -4.46. The minimum Gasteiger partial charge on any atom is -0.478 e. The van der Waals surface area contributed by atoms with Gasteiger partial charge < -0.3 is 24.5 Å². The minimum absolute atomic E-state index is 0.0291. The molecule has 0 atom stereocenters. The number of amides is 2. The van der Waals surface area contributed by atoms with E-state index in [-0.39, 0.29) is 25.5 Å². The molecule has 2 N–H and O–H groups in total. The first-order valence-electron chi connectivity index (χ1n) is 14.3. The molecule has 0 aliphatic carbocycles. The number of rotatable bonds is 12. The van der Waals surface area contributed by atoms with E-state index in [4.69, 9.17) is 22.1 Å². The van der Waals surface area contributed by atoms with Crippen LogP contribution < -0.4 is 20.9 Å². The number of halogens is 1. The van der Waals surface area contributed by atoms with Crippen LogP contribution in [0.15, 0.2) is 33.5 Å². The second-order valence-corrected chi connectivity index (χ2v) is 8.19. The van der Waals surface area contributed by atoms with E-state index in [9.17, 15) is 23.6 Å². The number of benzene rings is 1. The minimum atomic E-state index is -3.65. The fourth-order valence-electron chi connectivity index (χ4n) is 3.18. The number of nitrogens with one attached hydrogen (secondary N) is 2. The van der Waals surface area contributed by atoms with Gasteiger partial charge in [0.15, 0.2) is 11.5 Å². The van der Waals surface area contributed by atoms with Gasteiger partial charge in [-0.05, 0) is 31.4 Å². The fourth-order valence-corrected chi connectivity index (χ4v) is 3.18. The van der Waals surface area contributed by atoms with Crippen molar-refractivity contribution in [3.05, 3.63) is 69.3 Å². The first-order valence-corrected chi connectivity index (χ1v) is 11.3. The normalized spacial score (nSPS) is 14.2. The van der Waals surface area contributed by atoms with Gasteiger partial charge >= 0.3 is 11.8 Å². The molecule has 0 saturated heterocycles. The molecule has 3 rings (SSSR count). The molecular formula is C25H29FN6O7. The Morgan fingerprint density at radius 1 is 1.18 bits per heavy atom. The zero-order chi connectivity index (χ0) is 33.7. The Balaban J connectivity index is 2.23. The van der Waals surface area contributed by atoms with Crippen LogP contribution in [0.4, 0.5) is 4.39 Å². The average molecular weight is 551 g/mol. The summed E-state index contributed by atoms with van der Waals surface area (Å²) in [6, 6.07) is 4.97. The monoisotopic (exact) mass is 550 g/mol. The molecule has 3 aromatic rings. The van der Waals surface area contributed by atoms with E-state index >= 15 is 0 Å². The highest BCUT2D eigenvalue weighted by atomic mass is 19.1. The Bertz CT molecular complexity index is 1610. The van der Waals surface area contributed by atoms with Crippen LogP contribution in [0.1, 0.15) is 66.8 Å². The van der Waals surface area contributed by atoms with Gasteiger partial charge in [-0.15, -0.1) is 10.2 Å². The van der Waals surface area contributed by atoms with Gasteiger partial charge in [0.25, 0.3) is 11.5 Å². The third kappa shape index (κ3) is 7.31. The number of carbonyl (C=O) groups excluding carboxylic acids is 3. The second-order valence-electron chi connectivity index (χ2n) is 8.19. The van der Waals surface area contributed by atoms with Crippen molar-refractivity contribution in [2.75, 3.05) is 20.3 Å². The van der Waals surface area contributed by atoms with E-state index in [1.165, 1.54) is 26.2 Å². The molecule has 0 bridgehead atoms. The highest BCUT2D eigenvalue weighted by Crippen LogP contribution is 2.21. The van der Waals surface area contributed by atoms with E-state index in [1.807, 2.05) is 5.32 Å². The number of hydrogen-bond donors (Lipinski definition) is 2. The summed E-state index contributed by atoms with van der Waals surface area (Å²) in [5.74, 6) is -6.44. The molecule has 1 aromatic carbocycles. The largest absolute Gasteiger partial charge is 0.478 e. The molecule has 2 aromatic heterocycles. The van der Waals surface area contributed by atoms with Crippen molar-refractivity contribution in [3.63, 3.8) is 0 Å². The molecule has 13 nitrogen and oxygen atoms in total. The molecule has 14 heteroatoms. The molecule has 39 heavy (non-hydrogen) atoms. The summed E-state index contributed by atoms with van der Waals surface area (Å²) in [5.41, 5.74) is -5.18. The van der Waals surface area contributed by atoms with Gasteiger partial charge in [0.05, 0.1) is 12.1 Å². The third-order valence-electron chi connectivity index (χ3n) is 5.15. The SMILES string of the molecule is [2H]C([2H])([2H])C(NC(=O)c1nnc(C)o1)(c1nc(C(=O)NCc2ccc(F)cc2)c(OCC(=O)CCOC)c(=O)n1C)C([2H])([2H])[2H]. The van der Waals surface area contributed by atoms with Crippen LogP contribution in [0.2, 0.25) is 0 Å². The molecule has 2 heterocycles. The summed E-state index contributed by atoms with van der Waals surface area (Å²) in [6.07, 6.45) is -0.114. The lowest BCUT2D eigenvalue weighted by atomic mass is 10.0. The van der Waals surface area contributed by atoms with Crippen LogP contribution >= 0.6 is 0 Å².